The molecule has 0 bridgehead atoms. The Labute approximate surface area is 114 Å². The van der Waals surface area contributed by atoms with E-state index in [-0.39, 0.29) is 5.92 Å². The van der Waals surface area contributed by atoms with Crippen molar-refractivity contribution in [1.82, 2.24) is 15.5 Å². The molecule has 1 heterocycles. The second-order valence-corrected chi connectivity index (χ2v) is 5.15. The van der Waals surface area contributed by atoms with Crippen LogP contribution in [-0.4, -0.2) is 54.2 Å². The summed E-state index contributed by atoms with van der Waals surface area (Å²) in [6, 6.07) is -1.22. The first-order valence-electron chi connectivity index (χ1n) is 7.04. The van der Waals surface area contributed by atoms with Gasteiger partial charge in [0.1, 0.15) is 6.04 Å². The molecule has 0 saturated carbocycles. The zero-order valence-corrected chi connectivity index (χ0v) is 11.8. The third kappa shape index (κ3) is 5.46. The van der Waals surface area contributed by atoms with Crippen molar-refractivity contribution in [3.05, 3.63) is 0 Å². The Morgan fingerprint density at radius 2 is 1.95 bits per heavy atom. The van der Waals surface area contributed by atoms with Gasteiger partial charge in [-0.2, -0.15) is 0 Å². The maximum atomic E-state index is 11.6. The van der Waals surface area contributed by atoms with Gasteiger partial charge in [-0.3, -0.25) is 0 Å². The predicted molar refractivity (Wildman–Crippen MR) is 73.1 cm³/mol. The Morgan fingerprint density at radius 3 is 2.47 bits per heavy atom. The van der Waals surface area contributed by atoms with Crippen molar-refractivity contribution >= 4 is 12.0 Å². The third-order valence-corrected chi connectivity index (χ3v) is 3.68. The number of carbonyl (C=O) groups excluding carboxylic acids is 1. The van der Waals surface area contributed by atoms with Gasteiger partial charge in [-0.1, -0.05) is 20.3 Å². The van der Waals surface area contributed by atoms with Crippen molar-refractivity contribution in [3.8, 4) is 0 Å². The summed E-state index contributed by atoms with van der Waals surface area (Å²) < 4.78 is 0. The number of nitrogens with one attached hydrogen (secondary N) is 2. The molecule has 3 N–H and O–H groups in total. The van der Waals surface area contributed by atoms with E-state index in [4.69, 9.17) is 5.11 Å². The fraction of sp³-hybridized carbons (Fsp3) is 0.846. The number of nitrogens with zero attached hydrogens (tertiary/aromatic N) is 1. The number of rotatable bonds is 7. The first-order valence-corrected chi connectivity index (χ1v) is 7.04. The highest BCUT2D eigenvalue weighted by Crippen LogP contribution is 2.08. The Morgan fingerprint density at radius 1 is 1.32 bits per heavy atom. The van der Waals surface area contributed by atoms with Crippen molar-refractivity contribution in [2.45, 2.75) is 39.2 Å². The van der Waals surface area contributed by atoms with Gasteiger partial charge in [0, 0.05) is 13.1 Å². The summed E-state index contributed by atoms with van der Waals surface area (Å²) in [7, 11) is 0. The first kappa shape index (κ1) is 15.8. The molecule has 110 valence electrons. The van der Waals surface area contributed by atoms with Crippen LogP contribution in [0.1, 0.15) is 33.1 Å². The maximum Gasteiger partial charge on any atom is 0.326 e. The fourth-order valence-electron chi connectivity index (χ4n) is 2.21. The number of likely N-dealkylation sites (tertiary alicyclic amines) is 1. The monoisotopic (exact) mass is 271 g/mol. The topological polar surface area (TPSA) is 81.7 Å². The van der Waals surface area contributed by atoms with Crippen LogP contribution in [0, 0.1) is 5.92 Å². The summed E-state index contributed by atoms with van der Waals surface area (Å²) in [6.45, 7) is 7.30. The van der Waals surface area contributed by atoms with Crippen LogP contribution in [0.15, 0.2) is 0 Å². The van der Waals surface area contributed by atoms with E-state index in [1.165, 1.54) is 12.8 Å². The Balaban J connectivity index is 2.25. The average Bonchev–Trinajstić information content (AvgIpc) is 2.87. The molecule has 2 atom stereocenters. The van der Waals surface area contributed by atoms with Crippen LogP contribution in [0.2, 0.25) is 0 Å². The van der Waals surface area contributed by atoms with Crippen LogP contribution in [0.25, 0.3) is 0 Å². The van der Waals surface area contributed by atoms with Gasteiger partial charge in [0.2, 0.25) is 0 Å². The molecule has 0 aromatic heterocycles. The van der Waals surface area contributed by atoms with Gasteiger partial charge in [-0.25, -0.2) is 9.59 Å². The highest BCUT2D eigenvalue weighted by Gasteiger charge is 2.25. The minimum Gasteiger partial charge on any atom is -0.480 e. The van der Waals surface area contributed by atoms with E-state index >= 15 is 0 Å². The summed E-state index contributed by atoms with van der Waals surface area (Å²) in [6.07, 6.45) is 3.16. The average molecular weight is 271 g/mol. The summed E-state index contributed by atoms with van der Waals surface area (Å²) in [4.78, 5) is 25.0. The highest BCUT2D eigenvalue weighted by molar-refractivity contribution is 5.82. The number of aliphatic carboxylic acids is 1. The van der Waals surface area contributed by atoms with Crippen molar-refractivity contribution < 1.29 is 14.7 Å². The highest BCUT2D eigenvalue weighted by atomic mass is 16.4. The number of carboxylic acid groups (broad SMARTS) is 1. The standard InChI is InChI=1S/C13H25N3O3/c1-3-10(2)11(12(17)18)15-13(19)14-6-9-16-7-4-5-8-16/h10-11H,3-9H2,1-2H3,(H,17,18)(H2,14,15,19). The van der Waals surface area contributed by atoms with Crippen LogP contribution in [0.5, 0.6) is 0 Å². The first-order chi connectivity index (χ1) is 9.04. The van der Waals surface area contributed by atoms with Crippen molar-refractivity contribution in [2.75, 3.05) is 26.2 Å². The molecule has 0 spiro atoms. The number of urea groups is 1. The number of hydrogen-bond acceptors (Lipinski definition) is 3. The van der Waals surface area contributed by atoms with E-state index in [0.29, 0.717) is 13.0 Å². The van der Waals surface area contributed by atoms with E-state index in [1.54, 1.807) is 0 Å². The van der Waals surface area contributed by atoms with E-state index in [1.807, 2.05) is 13.8 Å². The number of carbonyl (C=O) groups is 2. The van der Waals surface area contributed by atoms with Crippen LogP contribution >= 0.6 is 0 Å². The molecule has 2 unspecified atom stereocenters. The van der Waals surface area contributed by atoms with E-state index in [0.717, 1.165) is 19.6 Å². The minimum absolute atomic E-state index is 0.0816. The summed E-state index contributed by atoms with van der Waals surface area (Å²) in [5, 5.41) is 14.3. The summed E-state index contributed by atoms with van der Waals surface area (Å²) in [5.74, 6) is -1.06. The number of carboxylic acids is 1. The number of amides is 2. The van der Waals surface area contributed by atoms with Gasteiger partial charge in [-0.05, 0) is 31.8 Å². The second-order valence-electron chi connectivity index (χ2n) is 5.15. The van der Waals surface area contributed by atoms with Gasteiger partial charge >= 0.3 is 12.0 Å². The van der Waals surface area contributed by atoms with Gasteiger partial charge in [0.15, 0.2) is 0 Å². The third-order valence-electron chi connectivity index (χ3n) is 3.68. The zero-order chi connectivity index (χ0) is 14.3. The van der Waals surface area contributed by atoms with Crippen molar-refractivity contribution in [3.63, 3.8) is 0 Å². The molecule has 0 aromatic carbocycles. The lowest BCUT2D eigenvalue weighted by atomic mass is 9.99. The van der Waals surface area contributed by atoms with Gasteiger partial charge < -0.3 is 20.6 Å². The van der Waals surface area contributed by atoms with E-state index in [2.05, 4.69) is 15.5 Å². The molecule has 1 fully saturated rings. The molecule has 6 heteroatoms. The molecule has 0 aromatic rings. The smallest absolute Gasteiger partial charge is 0.326 e. The van der Waals surface area contributed by atoms with Gasteiger partial charge in [-0.15, -0.1) is 0 Å². The minimum atomic E-state index is -0.982. The summed E-state index contributed by atoms with van der Waals surface area (Å²) in [5.41, 5.74) is 0. The maximum absolute atomic E-state index is 11.6. The van der Waals surface area contributed by atoms with Crippen LogP contribution in [0.4, 0.5) is 4.79 Å². The largest absolute Gasteiger partial charge is 0.480 e. The fourth-order valence-corrected chi connectivity index (χ4v) is 2.21. The molecule has 0 aliphatic carbocycles. The van der Waals surface area contributed by atoms with Crippen LogP contribution in [-0.2, 0) is 4.79 Å². The molecule has 1 aliphatic rings. The zero-order valence-electron chi connectivity index (χ0n) is 11.8. The van der Waals surface area contributed by atoms with Crippen molar-refractivity contribution in [2.24, 2.45) is 5.92 Å². The Hall–Kier alpha value is -1.30. The van der Waals surface area contributed by atoms with Gasteiger partial charge in [0.25, 0.3) is 0 Å². The molecular weight excluding hydrogens is 246 g/mol. The Bertz CT molecular complexity index is 304. The lowest BCUT2D eigenvalue weighted by Crippen LogP contribution is -2.50. The molecule has 6 nitrogen and oxygen atoms in total. The molecule has 2 amide bonds. The normalized spacial score (nSPS) is 18.8. The van der Waals surface area contributed by atoms with Crippen molar-refractivity contribution in [1.29, 1.82) is 0 Å². The van der Waals surface area contributed by atoms with E-state index < -0.39 is 18.0 Å². The SMILES string of the molecule is CCC(C)C(NC(=O)NCCN1CCCC1)C(=O)O. The number of hydrogen-bond donors (Lipinski definition) is 3. The lowest BCUT2D eigenvalue weighted by molar-refractivity contribution is -0.140. The molecule has 0 radical (unpaired) electrons. The summed E-state index contributed by atoms with van der Waals surface area (Å²) >= 11 is 0. The molecule has 1 saturated heterocycles. The van der Waals surface area contributed by atoms with Crippen LogP contribution < -0.4 is 10.6 Å². The second kappa shape index (κ2) is 7.99. The molecule has 19 heavy (non-hydrogen) atoms. The van der Waals surface area contributed by atoms with Gasteiger partial charge in [0.05, 0.1) is 0 Å². The lowest BCUT2D eigenvalue weighted by Gasteiger charge is -2.21. The Kier molecular flexibility index (Phi) is 6.62. The predicted octanol–water partition coefficient (Wildman–Crippen LogP) is 0.881. The van der Waals surface area contributed by atoms with Crippen LogP contribution in [0.3, 0.4) is 0 Å². The quantitative estimate of drug-likeness (QED) is 0.642. The van der Waals surface area contributed by atoms with E-state index in [9.17, 15) is 9.59 Å². The molecule has 1 rings (SSSR count). The molecule has 1 aliphatic heterocycles. The molecular formula is C13H25N3O3.